The Morgan fingerprint density at radius 2 is 1.64 bits per heavy atom. The van der Waals surface area contributed by atoms with Crippen LogP contribution in [0.1, 0.15) is 27.7 Å². The van der Waals surface area contributed by atoms with E-state index in [1.165, 1.54) is 0 Å². The summed E-state index contributed by atoms with van der Waals surface area (Å²) in [6.45, 7) is 8.23. The van der Waals surface area contributed by atoms with E-state index in [-0.39, 0.29) is 17.6 Å². The van der Waals surface area contributed by atoms with Gasteiger partial charge in [-0.05, 0) is 27.7 Å². The first-order chi connectivity index (χ1) is 6.44. The fraction of sp³-hybridized carbons (Fsp3) is 0.667. The van der Waals surface area contributed by atoms with Gasteiger partial charge in [0.1, 0.15) is 0 Å². The van der Waals surface area contributed by atoms with Gasteiger partial charge in [-0.1, -0.05) is 24.3 Å². The lowest BCUT2D eigenvalue weighted by Crippen LogP contribution is -2.36. The van der Waals surface area contributed by atoms with Gasteiger partial charge < -0.3 is 9.47 Å². The lowest BCUT2D eigenvalue weighted by Gasteiger charge is -2.29. The van der Waals surface area contributed by atoms with Crippen molar-refractivity contribution in [1.82, 2.24) is 0 Å². The van der Waals surface area contributed by atoms with Gasteiger partial charge in [0.2, 0.25) is 0 Å². The molecule has 14 heavy (non-hydrogen) atoms. The molecule has 2 heteroatoms. The van der Waals surface area contributed by atoms with Crippen molar-refractivity contribution in [3.63, 3.8) is 0 Å². The molecule has 1 heterocycles. The van der Waals surface area contributed by atoms with Crippen molar-refractivity contribution in [2.24, 2.45) is 5.92 Å². The maximum atomic E-state index is 6.01. The topological polar surface area (TPSA) is 18.5 Å². The van der Waals surface area contributed by atoms with Crippen LogP contribution in [0.3, 0.4) is 0 Å². The third-order valence-corrected chi connectivity index (χ3v) is 3.21. The fourth-order valence-corrected chi connectivity index (χ4v) is 2.05. The molecule has 0 radical (unpaired) electrons. The highest BCUT2D eigenvalue weighted by atomic mass is 16.8. The zero-order valence-electron chi connectivity index (χ0n) is 9.28. The maximum Gasteiger partial charge on any atom is 0.176 e. The van der Waals surface area contributed by atoms with Crippen molar-refractivity contribution < 1.29 is 9.47 Å². The standard InChI is InChI=1S/C12H18O2/c1-9-11(2,3)14-12(4,13-9)10-7-5-6-8-10/h5-10H,1-4H3. The van der Waals surface area contributed by atoms with Gasteiger partial charge in [0.05, 0.1) is 11.7 Å². The molecule has 0 saturated carbocycles. The fourth-order valence-electron chi connectivity index (χ4n) is 2.05. The molecule has 2 unspecified atom stereocenters. The lowest BCUT2D eigenvalue weighted by atomic mass is 10.0. The zero-order chi connectivity index (χ0) is 10.4. The number of rotatable bonds is 1. The van der Waals surface area contributed by atoms with Crippen molar-refractivity contribution >= 4 is 0 Å². The zero-order valence-corrected chi connectivity index (χ0v) is 9.28. The number of allylic oxidation sites excluding steroid dienone is 2. The Morgan fingerprint density at radius 3 is 2.07 bits per heavy atom. The normalized spacial score (nSPS) is 41.0. The Bertz CT molecular complexity index is 279. The van der Waals surface area contributed by atoms with E-state index >= 15 is 0 Å². The largest absolute Gasteiger partial charge is 0.343 e. The molecular weight excluding hydrogens is 176 g/mol. The van der Waals surface area contributed by atoms with Crippen molar-refractivity contribution in [1.29, 1.82) is 0 Å². The predicted octanol–water partition coefficient (Wildman–Crippen LogP) is 2.66. The summed E-state index contributed by atoms with van der Waals surface area (Å²) >= 11 is 0. The summed E-state index contributed by atoms with van der Waals surface area (Å²) in [6.07, 6.45) is 8.45. The number of hydrogen-bond donors (Lipinski definition) is 0. The van der Waals surface area contributed by atoms with Crippen molar-refractivity contribution in [2.45, 2.75) is 45.2 Å². The maximum absolute atomic E-state index is 6.01. The van der Waals surface area contributed by atoms with Gasteiger partial charge in [-0.25, -0.2) is 0 Å². The van der Waals surface area contributed by atoms with E-state index in [1.807, 2.05) is 19.1 Å². The second-order valence-electron chi connectivity index (χ2n) is 4.78. The summed E-state index contributed by atoms with van der Waals surface area (Å²) in [6, 6.07) is 0. The molecule has 1 aliphatic heterocycles. The summed E-state index contributed by atoms with van der Waals surface area (Å²) in [7, 11) is 0. The van der Waals surface area contributed by atoms with Gasteiger partial charge in [0.15, 0.2) is 5.79 Å². The number of hydrogen-bond acceptors (Lipinski definition) is 2. The molecule has 0 bridgehead atoms. The SMILES string of the molecule is CC1OC(C)(C2C=CC=C2)OC1(C)C. The minimum Gasteiger partial charge on any atom is -0.343 e. The Hall–Kier alpha value is -0.600. The molecule has 0 N–H and O–H groups in total. The van der Waals surface area contributed by atoms with Crippen LogP contribution < -0.4 is 0 Å². The van der Waals surface area contributed by atoms with Gasteiger partial charge in [-0.15, -0.1) is 0 Å². The van der Waals surface area contributed by atoms with Gasteiger partial charge >= 0.3 is 0 Å². The molecule has 0 spiro atoms. The molecule has 0 aromatic heterocycles. The van der Waals surface area contributed by atoms with Gasteiger partial charge in [0, 0.05) is 5.92 Å². The third kappa shape index (κ3) is 1.43. The molecule has 1 saturated heterocycles. The quantitative estimate of drug-likeness (QED) is 0.639. The monoisotopic (exact) mass is 194 g/mol. The number of ether oxygens (including phenoxy) is 2. The minimum absolute atomic E-state index is 0.134. The van der Waals surface area contributed by atoms with Crippen LogP contribution in [0.15, 0.2) is 24.3 Å². The Balaban J connectivity index is 2.19. The highest BCUT2D eigenvalue weighted by Crippen LogP contribution is 2.42. The molecular formula is C12H18O2. The van der Waals surface area contributed by atoms with Crippen LogP contribution in [0.4, 0.5) is 0 Å². The predicted molar refractivity (Wildman–Crippen MR) is 55.9 cm³/mol. The van der Waals surface area contributed by atoms with Crippen LogP contribution in [0.2, 0.25) is 0 Å². The first kappa shape index (κ1) is 9.94. The van der Waals surface area contributed by atoms with Gasteiger partial charge in [0.25, 0.3) is 0 Å². The molecule has 2 aliphatic rings. The van der Waals surface area contributed by atoms with E-state index in [0.29, 0.717) is 0 Å². The molecule has 0 aromatic rings. The first-order valence-corrected chi connectivity index (χ1v) is 5.17. The Morgan fingerprint density at radius 1 is 1.07 bits per heavy atom. The average molecular weight is 194 g/mol. The van der Waals surface area contributed by atoms with Crippen molar-refractivity contribution in [2.75, 3.05) is 0 Å². The Labute approximate surface area is 85.6 Å². The van der Waals surface area contributed by atoms with E-state index in [2.05, 4.69) is 32.9 Å². The van der Waals surface area contributed by atoms with Gasteiger partial charge in [-0.3, -0.25) is 0 Å². The average Bonchev–Trinajstić information content (AvgIpc) is 2.59. The third-order valence-electron chi connectivity index (χ3n) is 3.21. The summed E-state index contributed by atoms with van der Waals surface area (Å²) < 4.78 is 11.9. The molecule has 78 valence electrons. The van der Waals surface area contributed by atoms with Crippen LogP contribution in [0.5, 0.6) is 0 Å². The molecule has 1 fully saturated rings. The minimum atomic E-state index is -0.494. The molecule has 1 aliphatic carbocycles. The highest BCUT2D eigenvalue weighted by molar-refractivity contribution is 5.21. The smallest absolute Gasteiger partial charge is 0.176 e. The molecule has 0 amide bonds. The molecule has 2 nitrogen and oxygen atoms in total. The van der Waals surface area contributed by atoms with Crippen LogP contribution in [0.25, 0.3) is 0 Å². The van der Waals surface area contributed by atoms with E-state index in [0.717, 1.165) is 0 Å². The molecule has 2 rings (SSSR count). The van der Waals surface area contributed by atoms with Crippen LogP contribution in [-0.2, 0) is 9.47 Å². The van der Waals surface area contributed by atoms with Gasteiger partial charge in [-0.2, -0.15) is 0 Å². The summed E-state index contributed by atoms with van der Waals surface area (Å²) in [5, 5.41) is 0. The van der Waals surface area contributed by atoms with E-state index < -0.39 is 5.79 Å². The van der Waals surface area contributed by atoms with Crippen molar-refractivity contribution in [3.05, 3.63) is 24.3 Å². The van der Waals surface area contributed by atoms with Crippen LogP contribution in [0, 0.1) is 5.92 Å². The molecule has 0 aromatic carbocycles. The lowest BCUT2D eigenvalue weighted by molar-refractivity contribution is -0.186. The van der Waals surface area contributed by atoms with Crippen LogP contribution in [-0.4, -0.2) is 17.5 Å². The summed E-state index contributed by atoms with van der Waals surface area (Å²) in [4.78, 5) is 0. The molecule has 2 atom stereocenters. The second-order valence-corrected chi connectivity index (χ2v) is 4.78. The highest BCUT2D eigenvalue weighted by Gasteiger charge is 2.50. The Kier molecular flexibility index (Phi) is 2.09. The second kappa shape index (κ2) is 2.94. The first-order valence-electron chi connectivity index (χ1n) is 5.17. The summed E-state index contributed by atoms with van der Waals surface area (Å²) in [5.74, 6) is -0.251. The van der Waals surface area contributed by atoms with Crippen molar-refractivity contribution in [3.8, 4) is 0 Å². The van der Waals surface area contributed by atoms with E-state index in [4.69, 9.17) is 9.47 Å². The van der Waals surface area contributed by atoms with E-state index in [1.54, 1.807) is 0 Å². The summed E-state index contributed by atoms with van der Waals surface area (Å²) in [5.41, 5.74) is -0.195. The van der Waals surface area contributed by atoms with E-state index in [9.17, 15) is 0 Å². The van der Waals surface area contributed by atoms with Crippen LogP contribution >= 0.6 is 0 Å².